The van der Waals surface area contributed by atoms with E-state index >= 15 is 0 Å². The molecule has 0 aromatic carbocycles. The molecule has 1 aromatic rings. The van der Waals surface area contributed by atoms with Gasteiger partial charge in [-0.05, 0) is 6.08 Å². The first-order chi connectivity index (χ1) is 8.15. The Balaban J connectivity index is 1.93. The van der Waals surface area contributed by atoms with Crippen LogP contribution in [0.2, 0.25) is 0 Å². The van der Waals surface area contributed by atoms with Crippen molar-refractivity contribution in [3.05, 3.63) is 23.9 Å². The van der Waals surface area contributed by atoms with Crippen molar-refractivity contribution in [2.45, 2.75) is 6.42 Å². The Labute approximate surface area is 101 Å². The summed E-state index contributed by atoms with van der Waals surface area (Å²) < 4.78 is 0. The van der Waals surface area contributed by atoms with Crippen LogP contribution in [-0.2, 0) is 14.4 Å². The molecule has 2 amide bonds. The third-order valence-corrected chi connectivity index (χ3v) is 2.77. The van der Waals surface area contributed by atoms with Gasteiger partial charge in [0.2, 0.25) is 11.8 Å². The number of allylic oxidation sites excluding steroid dienone is 1. The van der Waals surface area contributed by atoms with Crippen molar-refractivity contribution in [3.8, 4) is 0 Å². The van der Waals surface area contributed by atoms with Crippen LogP contribution in [0, 0.1) is 0 Å². The number of amides is 2. The average molecular weight is 251 g/mol. The van der Waals surface area contributed by atoms with Crippen molar-refractivity contribution in [1.29, 1.82) is 0 Å². The van der Waals surface area contributed by atoms with E-state index in [9.17, 15) is 14.4 Å². The number of carbonyl (C=O) groups is 3. The monoisotopic (exact) mass is 251 g/mol. The van der Waals surface area contributed by atoms with E-state index in [2.05, 4.69) is 10.3 Å². The van der Waals surface area contributed by atoms with Crippen molar-refractivity contribution >= 4 is 34.1 Å². The maximum Gasteiger partial charge on any atom is 0.246 e. The lowest BCUT2D eigenvalue weighted by Gasteiger charge is -2.19. The number of thiazole rings is 1. The number of hydrogen-bond donors (Lipinski definition) is 1. The Bertz CT molecular complexity index is 481. The molecular weight excluding hydrogens is 242 g/mol. The van der Waals surface area contributed by atoms with Crippen molar-refractivity contribution in [2.75, 3.05) is 11.9 Å². The molecule has 0 fully saturated rings. The summed E-state index contributed by atoms with van der Waals surface area (Å²) in [7, 11) is 0. The smallest absolute Gasteiger partial charge is 0.246 e. The molecule has 0 radical (unpaired) electrons. The van der Waals surface area contributed by atoms with Crippen LogP contribution in [0.1, 0.15) is 6.42 Å². The first-order valence-corrected chi connectivity index (χ1v) is 5.73. The molecule has 7 heteroatoms. The van der Waals surface area contributed by atoms with Crippen LogP contribution in [0.25, 0.3) is 0 Å². The fraction of sp³-hybridized carbons (Fsp3) is 0.200. The van der Waals surface area contributed by atoms with Crippen LogP contribution in [0.15, 0.2) is 23.9 Å². The van der Waals surface area contributed by atoms with Gasteiger partial charge in [-0.3, -0.25) is 14.4 Å². The van der Waals surface area contributed by atoms with E-state index in [1.165, 1.54) is 28.5 Å². The summed E-state index contributed by atoms with van der Waals surface area (Å²) in [4.78, 5) is 39.0. The third kappa shape index (κ3) is 2.97. The number of hydrogen-bond acceptors (Lipinski definition) is 5. The topological polar surface area (TPSA) is 79.4 Å². The van der Waals surface area contributed by atoms with E-state index in [0.29, 0.717) is 5.13 Å². The molecule has 88 valence electrons. The molecule has 0 aliphatic carbocycles. The fourth-order valence-corrected chi connectivity index (χ4v) is 1.85. The van der Waals surface area contributed by atoms with Crippen LogP contribution in [0.4, 0.5) is 5.13 Å². The van der Waals surface area contributed by atoms with E-state index in [4.69, 9.17) is 0 Å². The SMILES string of the molecule is O=C1C=CN(CC(=O)Nc2nccs2)C(=O)C1. The highest BCUT2D eigenvalue weighted by Crippen LogP contribution is 2.11. The summed E-state index contributed by atoms with van der Waals surface area (Å²) in [5.41, 5.74) is 0. The third-order valence-electron chi connectivity index (χ3n) is 2.08. The van der Waals surface area contributed by atoms with Crippen LogP contribution < -0.4 is 5.32 Å². The Kier molecular flexibility index (Phi) is 3.29. The average Bonchev–Trinajstić information content (AvgIpc) is 2.75. The van der Waals surface area contributed by atoms with E-state index in [1.807, 2.05) is 0 Å². The Morgan fingerprint density at radius 2 is 2.35 bits per heavy atom. The largest absolute Gasteiger partial charge is 0.309 e. The first kappa shape index (κ1) is 11.5. The molecule has 0 saturated heterocycles. The Hall–Kier alpha value is -2.02. The quantitative estimate of drug-likeness (QED) is 0.788. The zero-order chi connectivity index (χ0) is 12.3. The van der Waals surface area contributed by atoms with E-state index in [0.717, 1.165) is 0 Å². The number of rotatable bonds is 3. The predicted molar refractivity (Wildman–Crippen MR) is 61.2 cm³/mol. The van der Waals surface area contributed by atoms with Gasteiger partial charge in [0.25, 0.3) is 0 Å². The van der Waals surface area contributed by atoms with Gasteiger partial charge < -0.3 is 10.2 Å². The highest BCUT2D eigenvalue weighted by Gasteiger charge is 2.21. The summed E-state index contributed by atoms with van der Waals surface area (Å²) in [5, 5.41) is 4.78. The standard InChI is InChI=1S/C10H9N3O3S/c14-7-1-3-13(9(16)5-7)6-8(15)12-10-11-2-4-17-10/h1-4H,5-6H2,(H,11,12,15). The maximum atomic E-state index is 11.5. The normalized spacial score (nSPS) is 15.2. The first-order valence-electron chi connectivity index (χ1n) is 4.85. The molecule has 0 saturated carbocycles. The van der Waals surface area contributed by atoms with E-state index in [1.54, 1.807) is 11.6 Å². The highest BCUT2D eigenvalue weighted by molar-refractivity contribution is 7.13. The summed E-state index contributed by atoms with van der Waals surface area (Å²) >= 11 is 1.30. The molecule has 6 nitrogen and oxygen atoms in total. The molecule has 0 spiro atoms. The van der Waals surface area contributed by atoms with Crippen LogP contribution in [-0.4, -0.2) is 34.0 Å². The van der Waals surface area contributed by atoms with Gasteiger partial charge in [0.05, 0.1) is 6.42 Å². The van der Waals surface area contributed by atoms with Gasteiger partial charge in [-0.1, -0.05) is 0 Å². The second kappa shape index (κ2) is 4.88. The molecule has 0 bridgehead atoms. The van der Waals surface area contributed by atoms with Crippen LogP contribution in [0.5, 0.6) is 0 Å². The molecule has 0 unspecified atom stereocenters. The molecule has 2 rings (SSSR count). The number of aromatic nitrogens is 1. The number of carbonyl (C=O) groups excluding carboxylic acids is 3. The number of ketones is 1. The van der Waals surface area contributed by atoms with Gasteiger partial charge in [-0.25, -0.2) is 4.98 Å². The van der Waals surface area contributed by atoms with Crippen molar-refractivity contribution in [1.82, 2.24) is 9.88 Å². The van der Waals surface area contributed by atoms with Crippen molar-refractivity contribution in [2.24, 2.45) is 0 Å². The molecule has 1 aromatic heterocycles. The fourth-order valence-electron chi connectivity index (χ4n) is 1.31. The van der Waals surface area contributed by atoms with Gasteiger partial charge >= 0.3 is 0 Å². The molecule has 1 aliphatic rings. The lowest BCUT2D eigenvalue weighted by molar-refractivity contribution is -0.135. The van der Waals surface area contributed by atoms with Gasteiger partial charge in [-0.15, -0.1) is 11.3 Å². The van der Waals surface area contributed by atoms with E-state index in [-0.39, 0.29) is 30.6 Å². The molecule has 1 aliphatic heterocycles. The van der Waals surface area contributed by atoms with Crippen molar-refractivity contribution < 1.29 is 14.4 Å². The molecular formula is C10H9N3O3S. The zero-order valence-electron chi connectivity index (χ0n) is 8.75. The Morgan fingerprint density at radius 3 is 3.00 bits per heavy atom. The van der Waals surface area contributed by atoms with Gasteiger partial charge in [0, 0.05) is 17.8 Å². The Morgan fingerprint density at radius 1 is 1.53 bits per heavy atom. The zero-order valence-corrected chi connectivity index (χ0v) is 9.57. The number of anilines is 1. The lowest BCUT2D eigenvalue weighted by atomic mass is 10.2. The molecule has 2 heterocycles. The van der Waals surface area contributed by atoms with Crippen LogP contribution in [0.3, 0.4) is 0 Å². The van der Waals surface area contributed by atoms with Gasteiger partial charge in [0.15, 0.2) is 10.9 Å². The second-order valence-corrected chi connectivity index (χ2v) is 4.26. The summed E-state index contributed by atoms with van der Waals surface area (Å²) in [5.74, 6) is -0.953. The van der Waals surface area contributed by atoms with E-state index < -0.39 is 0 Å². The molecule has 0 atom stereocenters. The van der Waals surface area contributed by atoms with Gasteiger partial charge in [0.1, 0.15) is 6.54 Å². The lowest BCUT2D eigenvalue weighted by Crippen LogP contribution is -2.37. The van der Waals surface area contributed by atoms with Crippen LogP contribution >= 0.6 is 11.3 Å². The van der Waals surface area contributed by atoms with Crippen molar-refractivity contribution in [3.63, 3.8) is 0 Å². The minimum atomic E-state index is -0.369. The highest BCUT2D eigenvalue weighted by atomic mass is 32.1. The molecule has 17 heavy (non-hydrogen) atoms. The maximum absolute atomic E-state index is 11.5. The number of nitrogens with one attached hydrogen (secondary N) is 1. The second-order valence-electron chi connectivity index (χ2n) is 3.37. The summed E-state index contributed by atoms with van der Waals surface area (Å²) in [6.07, 6.45) is 4.01. The number of nitrogens with zero attached hydrogens (tertiary/aromatic N) is 2. The minimum absolute atomic E-state index is 0.109. The summed E-state index contributed by atoms with van der Waals surface area (Å²) in [6, 6.07) is 0. The summed E-state index contributed by atoms with van der Waals surface area (Å²) in [6.45, 7) is -0.109. The predicted octanol–water partition coefficient (Wildman–Crippen LogP) is 0.397. The van der Waals surface area contributed by atoms with Gasteiger partial charge in [-0.2, -0.15) is 0 Å². The molecule has 1 N–H and O–H groups in total. The minimum Gasteiger partial charge on any atom is -0.309 e.